The van der Waals surface area contributed by atoms with Crippen LogP contribution in [0.2, 0.25) is 0 Å². The van der Waals surface area contributed by atoms with Gasteiger partial charge in [-0.1, -0.05) is 26.0 Å². The van der Waals surface area contributed by atoms with Gasteiger partial charge in [0.2, 0.25) is 5.91 Å². The van der Waals surface area contributed by atoms with Crippen molar-refractivity contribution >= 4 is 11.6 Å². The molecule has 1 saturated heterocycles. The minimum atomic E-state index is 0.0564. The normalized spacial score (nSPS) is 23.6. The van der Waals surface area contributed by atoms with Crippen molar-refractivity contribution in [3.8, 4) is 0 Å². The first-order chi connectivity index (χ1) is 9.58. The first kappa shape index (κ1) is 15.0. The molecule has 20 heavy (non-hydrogen) atoms. The van der Waals surface area contributed by atoms with Crippen LogP contribution in [0.5, 0.6) is 0 Å². The van der Waals surface area contributed by atoms with Crippen molar-refractivity contribution in [2.24, 2.45) is 17.6 Å². The van der Waals surface area contributed by atoms with Crippen LogP contribution in [0.15, 0.2) is 24.3 Å². The summed E-state index contributed by atoms with van der Waals surface area (Å²) < 4.78 is 0. The Morgan fingerprint density at radius 3 is 2.90 bits per heavy atom. The fraction of sp³-hybridized carbons (Fsp3) is 0.562. The summed E-state index contributed by atoms with van der Waals surface area (Å²) in [5.41, 5.74) is 7.47. The van der Waals surface area contributed by atoms with Gasteiger partial charge in [-0.25, -0.2) is 0 Å². The second-order valence-corrected chi connectivity index (χ2v) is 5.93. The summed E-state index contributed by atoms with van der Waals surface area (Å²) in [6.45, 7) is 7.55. The Hall–Kier alpha value is -1.39. The van der Waals surface area contributed by atoms with E-state index in [9.17, 15) is 4.79 Å². The van der Waals surface area contributed by atoms with E-state index in [4.69, 9.17) is 5.73 Å². The van der Waals surface area contributed by atoms with Gasteiger partial charge in [0, 0.05) is 18.8 Å². The van der Waals surface area contributed by atoms with Gasteiger partial charge in [0.25, 0.3) is 0 Å². The maximum atomic E-state index is 12.1. The largest absolute Gasteiger partial charge is 0.326 e. The van der Waals surface area contributed by atoms with Crippen molar-refractivity contribution in [1.82, 2.24) is 4.90 Å². The number of benzene rings is 1. The summed E-state index contributed by atoms with van der Waals surface area (Å²) in [7, 11) is 0. The molecule has 4 nitrogen and oxygen atoms in total. The van der Waals surface area contributed by atoms with Gasteiger partial charge >= 0.3 is 0 Å². The SMILES string of the molecule is CC1CCN(CC(=O)Nc2cccc(CN)c2)CC1C. The molecule has 0 bridgehead atoms. The summed E-state index contributed by atoms with van der Waals surface area (Å²) >= 11 is 0. The summed E-state index contributed by atoms with van der Waals surface area (Å²) in [4.78, 5) is 14.3. The number of piperidine rings is 1. The number of anilines is 1. The molecule has 3 N–H and O–H groups in total. The molecule has 2 rings (SSSR count). The number of hydrogen-bond acceptors (Lipinski definition) is 3. The molecule has 0 spiro atoms. The maximum Gasteiger partial charge on any atom is 0.238 e. The highest BCUT2D eigenvalue weighted by atomic mass is 16.2. The molecule has 2 atom stereocenters. The highest BCUT2D eigenvalue weighted by Gasteiger charge is 2.23. The zero-order chi connectivity index (χ0) is 14.5. The van der Waals surface area contributed by atoms with E-state index in [-0.39, 0.29) is 5.91 Å². The average molecular weight is 275 g/mol. The van der Waals surface area contributed by atoms with Crippen molar-refractivity contribution in [1.29, 1.82) is 0 Å². The molecule has 1 aromatic carbocycles. The lowest BCUT2D eigenvalue weighted by Gasteiger charge is -2.34. The Bertz CT molecular complexity index is 461. The highest BCUT2D eigenvalue weighted by molar-refractivity contribution is 5.92. The van der Waals surface area contributed by atoms with Crippen LogP contribution in [-0.4, -0.2) is 30.4 Å². The van der Waals surface area contributed by atoms with E-state index in [0.29, 0.717) is 19.0 Å². The van der Waals surface area contributed by atoms with Crippen LogP contribution in [0, 0.1) is 11.8 Å². The van der Waals surface area contributed by atoms with E-state index >= 15 is 0 Å². The van der Waals surface area contributed by atoms with Crippen LogP contribution < -0.4 is 11.1 Å². The van der Waals surface area contributed by atoms with Crippen molar-refractivity contribution in [2.75, 3.05) is 25.0 Å². The minimum Gasteiger partial charge on any atom is -0.326 e. The molecular formula is C16H25N3O. The van der Waals surface area contributed by atoms with E-state index < -0.39 is 0 Å². The Labute approximate surface area is 121 Å². The van der Waals surface area contributed by atoms with E-state index in [2.05, 4.69) is 24.1 Å². The molecule has 0 radical (unpaired) electrons. The van der Waals surface area contributed by atoms with Gasteiger partial charge < -0.3 is 11.1 Å². The van der Waals surface area contributed by atoms with E-state index in [1.807, 2.05) is 24.3 Å². The quantitative estimate of drug-likeness (QED) is 0.884. The molecule has 0 aliphatic carbocycles. The van der Waals surface area contributed by atoms with Gasteiger partial charge in [-0.3, -0.25) is 9.69 Å². The summed E-state index contributed by atoms with van der Waals surface area (Å²) in [5.74, 6) is 1.48. The van der Waals surface area contributed by atoms with Gasteiger partial charge in [0.1, 0.15) is 0 Å². The molecule has 1 amide bonds. The molecule has 1 heterocycles. The molecule has 2 unspecified atom stereocenters. The standard InChI is InChI=1S/C16H25N3O/c1-12-6-7-19(10-13(12)2)11-16(20)18-15-5-3-4-14(8-15)9-17/h3-5,8,12-13H,6-7,9-11,17H2,1-2H3,(H,18,20). The predicted molar refractivity (Wildman–Crippen MR) is 82.3 cm³/mol. The average Bonchev–Trinajstić information content (AvgIpc) is 2.43. The summed E-state index contributed by atoms with van der Waals surface area (Å²) in [6.07, 6.45) is 1.18. The molecular weight excluding hydrogens is 250 g/mol. The van der Waals surface area contributed by atoms with Crippen molar-refractivity contribution in [3.05, 3.63) is 29.8 Å². The minimum absolute atomic E-state index is 0.0564. The summed E-state index contributed by atoms with van der Waals surface area (Å²) in [6, 6.07) is 7.71. The number of carbonyl (C=O) groups is 1. The topological polar surface area (TPSA) is 58.4 Å². The summed E-state index contributed by atoms with van der Waals surface area (Å²) in [5, 5.41) is 2.95. The van der Waals surface area contributed by atoms with Crippen LogP contribution in [-0.2, 0) is 11.3 Å². The second-order valence-electron chi connectivity index (χ2n) is 5.93. The lowest BCUT2D eigenvalue weighted by Crippen LogP contribution is -2.42. The fourth-order valence-electron chi connectivity index (χ4n) is 2.67. The van der Waals surface area contributed by atoms with Gasteiger partial charge in [-0.2, -0.15) is 0 Å². The Balaban J connectivity index is 1.86. The number of nitrogens with one attached hydrogen (secondary N) is 1. The monoisotopic (exact) mass is 275 g/mol. The van der Waals surface area contributed by atoms with E-state index in [1.165, 1.54) is 6.42 Å². The molecule has 110 valence electrons. The molecule has 0 aromatic heterocycles. The highest BCUT2D eigenvalue weighted by Crippen LogP contribution is 2.22. The van der Waals surface area contributed by atoms with Crippen LogP contribution in [0.1, 0.15) is 25.8 Å². The zero-order valence-electron chi connectivity index (χ0n) is 12.4. The third kappa shape index (κ3) is 4.05. The van der Waals surface area contributed by atoms with Crippen LogP contribution in [0.25, 0.3) is 0 Å². The second kappa shape index (κ2) is 6.86. The fourth-order valence-corrected chi connectivity index (χ4v) is 2.67. The van der Waals surface area contributed by atoms with E-state index in [1.54, 1.807) is 0 Å². The third-order valence-electron chi connectivity index (χ3n) is 4.23. The Morgan fingerprint density at radius 1 is 1.40 bits per heavy atom. The number of amides is 1. The maximum absolute atomic E-state index is 12.1. The van der Waals surface area contributed by atoms with E-state index in [0.717, 1.165) is 30.3 Å². The zero-order valence-corrected chi connectivity index (χ0v) is 12.4. The first-order valence-corrected chi connectivity index (χ1v) is 7.39. The lowest BCUT2D eigenvalue weighted by atomic mass is 9.89. The van der Waals surface area contributed by atoms with Crippen LogP contribution in [0.4, 0.5) is 5.69 Å². The number of nitrogens with zero attached hydrogens (tertiary/aromatic N) is 1. The molecule has 1 aliphatic rings. The molecule has 1 fully saturated rings. The lowest BCUT2D eigenvalue weighted by molar-refractivity contribution is -0.117. The number of hydrogen-bond donors (Lipinski definition) is 2. The third-order valence-corrected chi connectivity index (χ3v) is 4.23. The van der Waals surface area contributed by atoms with Crippen molar-refractivity contribution in [3.63, 3.8) is 0 Å². The predicted octanol–water partition coefficient (Wildman–Crippen LogP) is 2.06. The Morgan fingerprint density at radius 2 is 2.20 bits per heavy atom. The van der Waals surface area contributed by atoms with Gasteiger partial charge in [0.15, 0.2) is 0 Å². The van der Waals surface area contributed by atoms with Crippen molar-refractivity contribution in [2.45, 2.75) is 26.8 Å². The van der Waals surface area contributed by atoms with Gasteiger partial charge in [-0.05, 0) is 42.5 Å². The molecule has 4 heteroatoms. The molecule has 1 aromatic rings. The first-order valence-electron chi connectivity index (χ1n) is 7.39. The van der Waals surface area contributed by atoms with Gasteiger partial charge in [-0.15, -0.1) is 0 Å². The Kier molecular flexibility index (Phi) is 5.15. The van der Waals surface area contributed by atoms with Gasteiger partial charge in [0.05, 0.1) is 6.54 Å². The number of rotatable bonds is 4. The molecule has 1 aliphatic heterocycles. The van der Waals surface area contributed by atoms with Crippen LogP contribution in [0.3, 0.4) is 0 Å². The number of carbonyl (C=O) groups excluding carboxylic acids is 1. The molecule has 0 saturated carbocycles. The number of likely N-dealkylation sites (tertiary alicyclic amines) is 1. The van der Waals surface area contributed by atoms with Crippen LogP contribution >= 0.6 is 0 Å². The number of nitrogens with two attached hydrogens (primary N) is 1. The van der Waals surface area contributed by atoms with Crippen molar-refractivity contribution < 1.29 is 4.79 Å². The smallest absolute Gasteiger partial charge is 0.238 e.